The molecule has 1 aromatic carbocycles. The van der Waals surface area contributed by atoms with Gasteiger partial charge in [0.2, 0.25) is 0 Å². The van der Waals surface area contributed by atoms with E-state index in [1.54, 1.807) is 0 Å². The molecule has 0 aliphatic rings. The van der Waals surface area contributed by atoms with Crippen LogP contribution in [0.3, 0.4) is 0 Å². The Morgan fingerprint density at radius 3 is 2.38 bits per heavy atom. The van der Waals surface area contributed by atoms with Gasteiger partial charge in [-0.1, -0.05) is 30.3 Å². The predicted octanol–water partition coefficient (Wildman–Crippen LogP) is 2.12. The van der Waals surface area contributed by atoms with Gasteiger partial charge in [-0.2, -0.15) is 0 Å². The first-order valence-electron chi connectivity index (χ1n) is 7.69. The molecule has 4 heteroatoms. The summed E-state index contributed by atoms with van der Waals surface area (Å²) in [5.41, 5.74) is 1.40. The average Bonchev–Trinajstić information content (AvgIpc) is 2.46. The van der Waals surface area contributed by atoms with Gasteiger partial charge in [-0.15, -0.1) is 0 Å². The van der Waals surface area contributed by atoms with Gasteiger partial charge in [0.25, 0.3) is 0 Å². The van der Waals surface area contributed by atoms with Gasteiger partial charge in [-0.05, 0) is 46.9 Å². The van der Waals surface area contributed by atoms with E-state index in [4.69, 9.17) is 4.99 Å². The van der Waals surface area contributed by atoms with Crippen LogP contribution in [0.1, 0.15) is 26.3 Å². The zero-order valence-electron chi connectivity index (χ0n) is 14.1. The zero-order valence-corrected chi connectivity index (χ0v) is 14.1. The van der Waals surface area contributed by atoms with Crippen molar-refractivity contribution in [2.75, 3.05) is 33.7 Å². The van der Waals surface area contributed by atoms with Crippen LogP contribution >= 0.6 is 0 Å². The Balaban J connectivity index is 2.49. The molecular weight excluding hydrogens is 260 g/mol. The molecule has 21 heavy (non-hydrogen) atoms. The fourth-order valence-electron chi connectivity index (χ4n) is 1.73. The van der Waals surface area contributed by atoms with Crippen LogP contribution in [-0.4, -0.2) is 50.1 Å². The molecule has 0 heterocycles. The second kappa shape index (κ2) is 8.67. The number of hydrogen-bond acceptors (Lipinski definition) is 2. The molecule has 0 unspecified atom stereocenters. The fourth-order valence-corrected chi connectivity index (χ4v) is 1.73. The number of rotatable bonds is 7. The van der Waals surface area contributed by atoms with E-state index in [1.807, 2.05) is 6.07 Å². The minimum Gasteiger partial charge on any atom is -0.357 e. The Morgan fingerprint density at radius 1 is 1.14 bits per heavy atom. The third-order valence-electron chi connectivity index (χ3n) is 3.73. The van der Waals surface area contributed by atoms with Crippen LogP contribution in [0.5, 0.6) is 0 Å². The molecule has 1 rings (SSSR count). The van der Waals surface area contributed by atoms with Crippen LogP contribution in [0.25, 0.3) is 0 Å². The highest BCUT2D eigenvalue weighted by Gasteiger charge is 2.19. The summed E-state index contributed by atoms with van der Waals surface area (Å²) in [6, 6.07) is 10.5. The Kier molecular flexibility index (Phi) is 7.23. The van der Waals surface area contributed by atoms with E-state index in [9.17, 15) is 0 Å². The van der Waals surface area contributed by atoms with Gasteiger partial charge < -0.3 is 15.5 Å². The van der Waals surface area contributed by atoms with Gasteiger partial charge in [0.15, 0.2) is 5.96 Å². The number of guanidine groups is 1. The van der Waals surface area contributed by atoms with Crippen LogP contribution in [0.2, 0.25) is 0 Å². The molecule has 1 aromatic rings. The molecule has 0 radical (unpaired) electrons. The Morgan fingerprint density at radius 2 is 1.81 bits per heavy atom. The number of nitrogens with one attached hydrogen (secondary N) is 2. The lowest BCUT2D eigenvalue weighted by atomic mass is 10.1. The summed E-state index contributed by atoms with van der Waals surface area (Å²) in [4.78, 5) is 6.89. The second-order valence-electron chi connectivity index (χ2n) is 6.06. The van der Waals surface area contributed by atoms with Crippen molar-refractivity contribution in [1.82, 2.24) is 15.5 Å². The van der Waals surface area contributed by atoms with Gasteiger partial charge in [0, 0.05) is 18.6 Å². The second-order valence-corrected chi connectivity index (χ2v) is 6.06. The zero-order chi connectivity index (χ0) is 15.7. The van der Waals surface area contributed by atoms with Crippen LogP contribution in [0, 0.1) is 0 Å². The third-order valence-corrected chi connectivity index (χ3v) is 3.73. The van der Waals surface area contributed by atoms with Gasteiger partial charge in [-0.3, -0.25) is 4.99 Å². The maximum Gasteiger partial charge on any atom is 0.191 e. The molecule has 0 aliphatic heterocycles. The molecular formula is C17H30N4. The summed E-state index contributed by atoms with van der Waals surface area (Å²) >= 11 is 0. The molecule has 118 valence electrons. The largest absolute Gasteiger partial charge is 0.357 e. The van der Waals surface area contributed by atoms with Crippen molar-refractivity contribution in [3.63, 3.8) is 0 Å². The number of aliphatic imine (C=N–C) groups is 1. The van der Waals surface area contributed by atoms with E-state index < -0.39 is 0 Å². The quantitative estimate of drug-likeness (QED) is 0.597. The summed E-state index contributed by atoms with van der Waals surface area (Å²) in [5, 5.41) is 6.70. The maximum atomic E-state index is 4.69. The number of likely N-dealkylation sites (N-methyl/N-ethyl adjacent to an activating group) is 1. The van der Waals surface area contributed by atoms with Crippen molar-refractivity contribution in [3.05, 3.63) is 35.9 Å². The summed E-state index contributed by atoms with van der Waals surface area (Å²) in [7, 11) is 4.18. The molecule has 0 bridgehead atoms. The molecule has 0 amide bonds. The standard InChI is InChI=1S/C17H30N4/c1-6-18-16(20-14-17(2,3)21(4)5)19-13-12-15-10-8-7-9-11-15/h7-11H,6,12-14H2,1-5H3,(H2,18,19,20). The summed E-state index contributed by atoms with van der Waals surface area (Å²) in [6.45, 7) is 9.01. The third kappa shape index (κ3) is 6.63. The fraction of sp³-hybridized carbons (Fsp3) is 0.588. The highest BCUT2D eigenvalue weighted by Crippen LogP contribution is 2.09. The van der Waals surface area contributed by atoms with Crippen LogP contribution in [-0.2, 0) is 6.42 Å². The van der Waals surface area contributed by atoms with Crippen molar-refractivity contribution in [2.45, 2.75) is 32.7 Å². The highest BCUT2D eigenvalue weighted by atomic mass is 15.2. The van der Waals surface area contributed by atoms with Crippen LogP contribution in [0.4, 0.5) is 0 Å². The van der Waals surface area contributed by atoms with Gasteiger partial charge in [-0.25, -0.2) is 0 Å². The smallest absolute Gasteiger partial charge is 0.191 e. The maximum absolute atomic E-state index is 4.69. The average molecular weight is 290 g/mol. The van der Waals surface area contributed by atoms with Gasteiger partial charge in [0.1, 0.15) is 0 Å². The van der Waals surface area contributed by atoms with E-state index in [0.29, 0.717) is 0 Å². The predicted molar refractivity (Wildman–Crippen MR) is 91.9 cm³/mol. The lowest BCUT2D eigenvalue weighted by Crippen LogP contribution is -2.44. The van der Waals surface area contributed by atoms with Gasteiger partial charge in [0.05, 0.1) is 6.54 Å². The van der Waals surface area contributed by atoms with Crippen molar-refractivity contribution >= 4 is 5.96 Å². The SMILES string of the molecule is CCNC(=NCC(C)(C)N(C)C)NCCc1ccccc1. The molecule has 0 saturated heterocycles. The molecule has 0 aromatic heterocycles. The monoisotopic (exact) mass is 290 g/mol. The van der Waals surface area contributed by atoms with E-state index in [0.717, 1.165) is 32.0 Å². The van der Waals surface area contributed by atoms with E-state index >= 15 is 0 Å². The minimum atomic E-state index is 0.0573. The van der Waals surface area contributed by atoms with E-state index in [1.165, 1.54) is 5.56 Å². The molecule has 0 fully saturated rings. The van der Waals surface area contributed by atoms with Crippen molar-refractivity contribution in [1.29, 1.82) is 0 Å². The first kappa shape index (κ1) is 17.5. The summed E-state index contributed by atoms with van der Waals surface area (Å²) < 4.78 is 0. The van der Waals surface area contributed by atoms with Crippen LogP contribution < -0.4 is 10.6 Å². The van der Waals surface area contributed by atoms with Crippen molar-refractivity contribution < 1.29 is 0 Å². The summed E-state index contributed by atoms with van der Waals surface area (Å²) in [6.07, 6.45) is 1.00. The normalized spacial score (nSPS) is 12.6. The van der Waals surface area contributed by atoms with E-state index in [2.05, 4.69) is 74.7 Å². The first-order chi connectivity index (χ1) is 9.95. The Bertz CT molecular complexity index is 424. The molecule has 0 spiro atoms. The molecule has 0 aliphatic carbocycles. The van der Waals surface area contributed by atoms with Gasteiger partial charge >= 0.3 is 0 Å². The summed E-state index contributed by atoms with van der Waals surface area (Å²) in [5.74, 6) is 0.892. The van der Waals surface area contributed by atoms with Crippen molar-refractivity contribution in [2.24, 2.45) is 4.99 Å². The first-order valence-corrected chi connectivity index (χ1v) is 7.69. The molecule has 4 nitrogen and oxygen atoms in total. The number of benzene rings is 1. The molecule has 0 atom stereocenters. The number of hydrogen-bond donors (Lipinski definition) is 2. The topological polar surface area (TPSA) is 39.7 Å². The minimum absolute atomic E-state index is 0.0573. The Hall–Kier alpha value is -1.55. The lowest BCUT2D eigenvalue weighted by molar-refractivity contribution is 0.204. The van der Waals surface area contributed by atoms with E-state index in [-0.39, 0.29) is 5.54 Å². The number of nitrogens with zero attached hydrogens (tertiary/aromatic N) is 2. The van der Waals surface area contributed by atoms with Crippen LogP contribution in [0.15, 0.2) is 35.3 Å². The van der Waals surface area contributed by atoms with Crippen molar-refractivity contribution in [3.8, 4) is 0 Å². The Labute approximate surface area is 129 Å². The lowest BCUT2D eigenvalue weighted by Gasteiger charge is -2.31. The highest BCUT2D eigenvalue weighted by molar-refractivity contribution is 5.79. The molecule has 2 N–H and O–H groups in total. The molecule has 0 saturated carbocycles.